The molecule has 0 spiro atoms. The average Bonchev–Trinajstić information content (AvgIpc) is 2.91. The standard InChI is InChI=1S/C31H43N3O4/c1-21(2)25-11-10-22(3)18-28(25)38-20-24(35)19-33-14-12-32(13-15-33)16-17-34-30(36)26-8-4-6-23-7-5-9-27(29(23)26)31(34)37/h4-9,21-22,24-25,28,35H,10-20H2,1-3H3/t22-,24-,25-,28-/m1/s1. The van der Waals surface area contributed by atoms with Crippen LogP contribution in [0.1, 0.15) is 60.7 Å². The second kappa shape index (κ2) is 11.8. The highest BCUT2D eigenvalue weighted by Gasteiger charge is 2.34. The fourth-order valence-electron chi connectivity index (χ4n) is 6.61. The zero-order chi connectivity index (χ0) is 26.8. The van der Waals surface area contributed by atoms with Gasteiger partial charge in [-0.25, -0.2) is 0 Å². The molecule has 2 fully saturated rings. The summed E-state index contributed by atoms with van der Waals surface area (Å²) in [6, 6.07) is 11.3. The third-order valence-electron chi connectivity index (χ3n) is 8.89. The summed E-state index contributed by atoms with van der Waals surface area (Å²) in [5.41, 5.74) is 1.22. The predicted octanol–water partition coefficient (Wildman–Crippen LogP) is 3.89. The molecule has 2 aliphatic heterocycles. The van der Waals surface area contributed by atoms with Crippen LogP contribution in [0.25, 0.3) is 10.8 Å². The molecule has 1 saturated carbocycles. The molecule has 0 bridgehead atoms. The highest BCUT2D eigenvalue weighted by Crippen LogP contribution is 2.35. The van der Waals surface area contributed by atoms with Gasteiger partial charge in [-0.3, -0.25) is 24.3 Å². The number of amides is 2. The van der Waals surface area contributed by atoms with Crippen LogP contribution < -0.4 is 0 Å². The van der Waals surface area contributed by atoms with Crippen molar-refractivity contribution in [3.63, 3.8) is 0 Å². The summed E-state index contributed by atoms with van der Waals surface area (Å²) in [5.74, 6) is 1.49. The number of rotatable bonds is 9. The van der Waals surface area contributed by atoms with Crippen LogP contribution in [-0.4, -0.2) is 96.2 Å². The van der Waals surface area contributed by atoms with Crippen molar-refractivity contribution < 1.29 is 19.4 Å². The molecule has 0 unspecified atom stereocenters. The minimum Gasteiger partial charge on any atom is -0.389 e. The molecule has 7 heteroatoms. The molecule has 2 aromatic carbocycles. The van der Waals surface area contributed by atoms with E-state index in [-0.39, 0.29) is 17.9 Å². The van der Waals surface area contributed by atoms with Crippen LogP contribution >= 0.6 is 0 Å². The summed E-state index contributed by atoms with van der Waals surface area (Å²) in [7, 11) is 0. The van der Waals surface area contributed by atoms with Crippen LogP contribution in [0.15, 0.2) is 36.4 Å². The topological polar surface area (TPSA) is 73.3 Å². The van der Waals surface area contributed by atoms with E-state index in [0.29, 0.717) is 55.1 Å². The first-order valence-corrected chi connectivity index (χ1v) is 14.4. The molecule has 7 nitrogen and oxygen atoms in total. The van der Waals surface area contributed by atoms with Crippen LogP contribution in [0.3, 0.4) is 0 Å². The van der Waals surface area contributed by atoms with Gasteiger partial charge in [-0.05, 0) is 48.1 Å². The number of carbonyl (C=O) groups excluding carboxylic acids is 2. The highest BCUT2D eigenvalue weighted by atomic mass is 16.5. The van der Waals surface area contributed by atoms with Gasteiger partial charge in [-0.15, -0.1) is 0 Å². The lowest BCUT2D eigenvalue weighted by Gasteiger charge is -2.38. The normalized spacial score (nSPS) is 25.9. The number of hydrogen-bond acceptors (Lipinski definition) is 6. The first-order chi connectivity index (χ1) is 18.3. The highest BCUT2D eigenvalue weighted by molar-refractivity contribution is 6.25. The number of carbonyl (C=O) groups is 2. The molecule has 3 aliphatic rings. The van der Waals surface area contributed by atoms with Crippen molar-refractivity contribution in [3.05, 3.63) is 47.5 Å². The number of aliphatic hydroxyl groups is 1. The van der Waals surface area contributed by atoms with Crippen LogP contribution in [0, 0.1) is 17.8 Å². The third kappa shape index (κ3) is 5.81. The fourth-order valence-corrected chi connectivity index (χ4v) is 6.61. The van der Waals surface area contributed by atoms with Crippen molar-refractivity contribution in [2.24, 2.45) is 17.8 Å². The summed E-state index contributed by atoms with van der Waals surface area (Å²) in [5, 5.41) is 12.4. The Labute approximate surface area is 226 Å². The quantitative estimate of drug-likeness (QED) is 0.505. The van der Waals surface area contributed by atoms with Crippen molar-refractivity contribution in [2.75, 3.05) is 52.4 Å². The van der Waals surface area contributed by atoms with E-state index < -0.39 is 6.10 Å². The molecule has 0 aromatic heterocycles. The maximum Gasteiger partial charge on any atom is 0.261 e. The van der Waals surface area contributed by atoms with E-state index in [0.717, 1.165) is 43.4 Å². The Morgan fingerprint density at radius 3 is 2.18 bits per heavy atom. The van der Waals surface area contributed by atoms with Crippen LogP contribution in [0.4, 0.5) is 0 Å². The van der Waals surface area contributed by atoms with Gasteiger partial charge in [0, 0.05) is 62.3 Å². The minimum atomic E-state index is -0.488. The Morgan fingerprint density at radius 1 is 0.921 bits per heavy atom. The molecule has 2 aromatic rings. The minimum absolute atomic E-state index is 0.201. The predicted molar refractivity (Wildman–Crippen MR) is 149 cm³/mol. The Balaban J connectivity index is 1.07. The van der Waals surface area contributed by atoms with E-state index in [1.165, 1.54) is 17.7 Å². The van der Waals surface area contributed by atoms with Crippen LogP contribution in [0.2, 0.25) is 0 Å². The number of imide groups is 1. The Morgan fingerprint density at radius 2 is 1.55 bits per heavy atom. The molecule has 38 heavy (non-hydrogen) atoms. The molecule has 5 rings (SSSR count). The molecule has 4 atom stereocenters. The van der Waals surface area contributed by atoms with Crippen LogP contribution in [-0.2, 0) is 4.74 Å². The number of ether oxygens (including phenoxy) is 1. The number of β-amino-alcohol motifs (C(OH)–C–C–N with tert-alkyl or cyclic N) is 1. The smallest absolute Gasteiger partial charge is 0.261 e. The third-order valence-corrected chi connectivity index (χ3v) is 8.89. The van der Waals surface area contributed by atoms with Crippen LogP contribution in [0.5, 0.6) is 0 Å². The van der Waals surface area contributed by atoms with Gasteiger partial charge in [-0.2, -0.15) is 0 Å². The average molecular weight is 522 g/mol. The van der Waals surface area contributed by atoms with Gasteiger partial charge in [0.1, 0.15) is 0 Å². The van der Waals surface area contributed by atoms with Crippen molar-refractivity contribution in [1.82, 2.24) is 14.7 Å². The lowest BCUT2D eigenvalue weighted by molar-refractivity contribution is -0.0754. The SMILES string of the molecule is CC(C)[C@H]1CC[C@@H](C)C[C@H]1OC[C@H](O)CN1CCN(CCN2C(=O)c3cccc4cccc(c34)C2=O)CC1. The lowest BCUT2D eigenvalue weighted by Crippen LogP contribution is -2.52. The molecule has 0 radical (unpaired) electrons. The largest absolute Gasteiger partial charge is 0.389 e. The second-order valence-electron chi connectivity index (χ2n) is 12.0. The molecular formula is C31H43N3O4. The molecular weight excluding hydrogens is 478 g/mol. The Hall–Kier alpha value is -2.32. The number of piperazine rings is 1. The van der Waals surface area contributed by atoms with E-state index in [1.54, 1.807) is 0 Å². The number of nitrogens with zero attached hydrogens (tertiary/aromatic N) is 3. The maximum absolute atomic E-state index is 13.1. The van der Waals surface area contributed by atoms with Gasteiger partial charge < -0.3 is 9.84 Å². The lowest BCUT2D eigenvalue weighted by atomic mass is 9.75. The summed E-state index contributed by atoms with van der Waals surface area (Å²) < 4.78 is 6.27. The van der Waals surface area contributed by atoms with E-state index in [4.69, 9.17) is 4.74 Å². The van der Waals surface area contributed by atoms with Crippen molar-refractivity contribution in [3.8, 4) is 0 Å². The monoisotopic (exact) mass is 521 g/mol. The van der Waals surface area contributed by atoms with Gasteiger partial charge >= 0.3 is 0 Å². The van der Waals surface area contributed by atoms with E-state index in [9.17, 15) is 14.7 Å². The van der Waals surface area contributed by atoms with Gasteiger partial charge in [0.2, 0.25) is 0 Å². The number of hydrogen-bond donors (Lipinski definition) is 1. The van der Waals surface area contributed by atoms with Crippen molar-refractivity contribution in [2.45, 2.75) is 52.2 Å². The second-order valence-corrected chi connectivity index (χ2v) is 12.0. The zero-order valence-electron chi connectivity index (χ0n) is 23.1. The van der Waals surface area contributed by atoms with Gasteiger partial charge in [0.15, 0.2) is 0 Å². The molecule has 1 saturated heterocycles. The Bertz CT molecular complexity index is 1090. The first-order valence-electron chi connectivity index (χ1n) is 14.4. The molecule has 2 heterocycles. The molecule has 206 valence electrons. The summed E-state index contributed by atoms with van der Waals surface area (Å²) in [6.07, 6.45) is 3.36. The van der Waals surface area contributed by atoms with Crippen molar-refractivity contribution in [1.29, 1.82) is 0 Å². The number of benzene rings is 2. The van der Waals surface area contributed by atoms with E-state index >= 15 is 0 Å². The van der Waals surface area contributed by atoms with E-state index in [1.807, 2.05) is 36.4 Å². The summed E-state index contributed by atoms with van der Waals surface area (Å²) in [6.45, 7) is 12.3. The van der Waals surface area contributed by atoms with Gasteiger partial charge in [0.05, 0.1) is 18.8 Å². The maximum atomic E-state index is 13.1. The summed E-state index contributed by atoms with van der Waals surface area (Å²) in [4.78, 5) is 32.3. The summed E-state index contributed by atoms with van der Waals surface area (Å²) >= 11 is 0. The molecule has 1 aliphatic carbocycles. The Kier molecular flexibility index (Phi) is 8.48. The fraction of sp³-hybridized carbons (Fsp3) is 0.613. The zero-order valence-corrected chi connectivity index (χ0v) is 23.1. The number of aliphatic hydroxyl groups excluding tert-OH is 1. The first kappa shape index (κ1) is 27.3. The van der Waals surface area contributed by atoms with E-state index in [2.05, 4.69) is 30.6 Å². The van der Waals surface area contributed by atoms with Gasteiger partial charge in [-0.1, -0.05) is 51.5 Å². The van der Waals surface area contributed by atoms with Gasteiger partial charge in [0.25, 0.3) is 11.8 Å². The molecule has 2 amide bonds. The molecule has 1 N–H and O–H groups in total. The van der Waals surface area contributed by atoms with Crippen molar-refractivity contribution >= 4 is 22.6 Å².